The van der Waals surface area contributed by atoms with E-state index in [1.807, 2.05) is 24.3 Å². The van der Waals surface area contributed by atoms with E-state index in [1.54, 1.807) is 6.20 Å². The number of hydrogen-bond donors (Lipinski definition) is 2. The van der Waals surface area contributed by atoms with Crippen LogP contribution in [0, 0.1) is 0 Å². The van der Waals surface area contributed by atoms with E-state index in [4.69, 9.17) is 5.11 Å². The van der Waals surface area contributed by atoms with Crippen molar-refractivity contribution in [1.29, 1.82) is 0 Å². The first-order valence-corrected chi connectivity index (χ1v) is 5.96. The van der Waals surface area contributed by atoms with Crippen molar-refractivity contribution in [2.45, 2.75) is 6.42 Å². The first-order chi connectivity index (χ1) is 8.16. The quantitative estimate of drug-likeness (QED) is 0.910. The Labute approximate surface area is 107 Å². The zero-order chi connectivity index (χ0) is 12.3. The van der Waals surface area contributed by atoms with Gasteiger partial charge in [0, 0.05) is 22.6 Å². The summed E-state index contributed by atoms with van der Waals surface area (Å²) in [7, 11) is 0. The highest BCUT2D eigenvalue weighted by Gasteiger charge is 2.03. The number of nitrogens with one attached hydrogen (secondary N) is 1. The van der Waals surface area contributed by atoms with Crippen molar-refractivity contribution in [3.63, 3.8) is 0 Å². The van der Waals surface area contributed by atoms with Gasteiger partial charge in [0.15, 0.2) is 0 Å². The van der Waals surface area contributed by atoms with Gasteiger partial charge in [0.1, 0.15) is 0 Å². The normalized spacial score (nSPS) is 10.4. The van der Waals surface area contributed by atoms with Crippen LogP contribution in [0.5, 0.6) is 0 Å². The van der Waals surface area contributed by atoms with Gasteiger partial charge in [-0.1, -0.05) is 12.1 Å². The average molecular weight is 295 g/mol. The molecule has 0 aliphatic carbocycles. The third kappa shape index (κ3) is 2.94. The molecule has 0 amide bonds. The topological polar surface area (TPSA) is 62.2 Å². The van der Waals surface area contributed by atoms with Gasteiger partial charge in [-0.2, -0.15) is 0 Å². The van der Waals surface area contributed by atoms with Crippen molar-refractivity contribution in [1.82, 2.24) is 4.98 Å². The molecule has 0 saturated carbocycles. The van der Waals surface area contributed by atoms with Crippen LogP contribution in [0.25, 0.3) is 10.9 Å². The molecule has 5 heteroatoms. The molecule has 17 heavy (non-hydrogen) atoms. The Balaban J connectivity index is 2.25. The molecule has 88 valence electrons. The highest BCUT2D eigenvalue weighted by Crippen LogP contribution is 2.23. The largest absolute Gasteiger partial charge is 0.481 e. The molecule has 0 aliphatic rings. The molecule has 4 nitrogen and oxygen atoms in total. The van der Waals surface area contributed by atoms with Crippen molar-refractivity contribution >= 4 is 38.5 Å². The first kappa shape index (κ1) is 11.9. The number of carbonyl (C=O) groups is 1. The summed E-state index contributed by atoms with van der Waals surface area (Å²) in [5.74, 6) is -0.812. The number of nitrogens with zero attached hydrogens (tertiary/aromatic N) is 1. The van der Waals surface area contributed by atoms with Crippen molar-refractivity contribution in [3.8, 4) is 0 Å². The molecule has 0 spiro atoms. The lowest BCUT2D eigenvalue weighted by molar-refractivity contribution is -0.136. The van der Waals surface area contributed by atoms with Gasteiger partial charge >= 0.3 is 5.97 Å². The number of anilines is 1. The molecule has 0 radical (unpaired) electrons. The number of halogens is 1. The summed E-state index contributed by atoms with van der Waals surface area (Å²) in [5.41, 5.74) is 1.71. The van der Waals surface area contributed by atoms with E-state index in [0.29, 0.717) is 6.54 Å². The smallest absolute Gasteiger partial charge is 0.305 e. The number of hydrogen-bond acceptors (Lipinski definition) is 3. The van der Waals surface area contributed by atoms with E-state index >= 15 is 0 Å². The van der Waals surface area contributed by atoms with Crippen LogP contribution in [0.3, 0.4) is 0 Å². The molecule has 1 heterocycles. The summed E-state index contributed by atoms with van der Waals surface area (Å²) in [5, 5.41) is 12.7. The highest BCUT2D eigenvalue weighted by molar-refractivity contribution is 9.10. The van der Waals surface area contributed by atoms with Gasteiger partial charge in [-0.05, 0) is 28.1 Å². The van der Waals surface area contributed by atoms with E-state index in [2.05, 4.69) is 26.2 Å². The number of rotatable bonds is 4. The zero-order valence-corrected chi connectivity index (χ0v) is 10.6. The Bertz CT molecular complexity index is 557. The molecule has 1 aromatic carbocycles. The second kappa shape index (κ2) is 5.14. The van der Waals surface area contributed by atoms with E-state index < -0.39 is 5.97 Å². The fraction of sp³-hybridized carbons (Fsp3) is 0.167. The lowest BCUT2D eigenvalue weighted by Crippen LogP contribution is -2.07. The van der Waals surface area contributed by atoms with E-state index in [0.717, 1.165) is 21.1 Å². The summed E-state index contributed by atoms with van der Waals surface area (Å²) < 4.78 is 0.924. The van der Waals surface area contributed by atoms with Gasteiger partial charge in [0.2, 0.25) is 0 Å². The number of aliphatic carboxylic acids is 1. The predicted molar refractivity (Wildman–Crippen MR) is 70.2 cm³/mol. The van der Waals surface area contributed by atoms with Gasteiger partial charge in [0.25, 0.3) is 0 Å². The Morgan fingerprint density at radius 2 is 2.29 bits per heavy atom. The van der Waals surface area contributed by atoms with E-state index in [-0.39, 0.29) is 6.42 Å². The second-order valence-electron chi connectivity index (χ2n) is 3.60. The summed E-state index contributed by atoms with van der Waals surface area (Å²) in [6, 6.07) is 7.75. The SMILES string of the molecule is O=C(O)CCNc1cccc2cc(Br)cnc12. The number of benzene rings is 1. The molecule has 0 unspecified atom stereocenters. The van der Waals surface area contributed by atoms with E-state index in [9.17, 15) is 4.79 Å². The molecule has 0 bridgehead atoms. The lowest BCUT2D eigenvalue weighted by atomic mass is 10.2. The number of fused-ring (bicyclic) bond motifs is 1. The number of carboxylic acids is 1. The van der Waals surface area contributed by atoms with E-state index in [1.165, 1.54) is 0 Å². The Morgan fingerprint density at radius 1 is 1.47 bits per heavy atom. The number of pyridine rings is 1. The maximum Gasteiger partial charge on any atom is 0.305 e. The van der Waals surface area contributed by atoms with Crippen molar-refractivity contribution < 1.29 is 9.90 Å². The third-order valence-corrected chi connectivity index (χ3v) is 2.77. The number of carboxylic acid groups (broad SMARTS) is 1. The minimum Gasteiger partial charge on any atom is -0.481 e. The maximum absolute atomic E-state index is 10.4. The van der Waals surface area contributed by atoms with Crippen LogP contribution in [-0.4, -0.2) is 22.6 Å². The van der Waals surface area contributed by atoms with Gasteiger partial charge in [-0.15, -0.1) is 0 Å². The Morgan fingerprint density at radius 3 is 3.06 bits per heavy atom. The summed E-state index contributed by atoms with van der Waals surface area (Å²) in [4.78, 5) is 14.8. The molecule has 0 atom stereocenters. The van der Waals surface area contributed by atoms with Gasteiger partial charge in [-0.3, -0.25) is 9.78 Å². The first-order valence-electron chi connectivity index (χ1n) is 5.17. The predicted octanol–water partition coefficient (Wildman–Crippen LogP) is 2.88. The summed E-state index contributed by atoms with van der Waals surface area (Å²) >= 11 is 3.37. The molecular formula is C12H11BrN2O2. The van der Waals surface area contributed by atoms with Crippen LogP contribution in [0.1, 0.15) is 6.42 Å². The average Bonchev–Trinajstić information content (AvgIpc) is 2.28. The second-order valence-corrected chi connectivity index (χ2v) is 4.52. The lowest BCUT2D eigenvalue weighted by Gasteiger charge is -2.07. The fourth-order valence-corrected chi connectivity index (χ4v) is 1.93. The standard InChI is InChI=1S/C12H11BrN2O2/c13-9-6-8-2-1-3-10(12(8)15-7-9)14-5-4-11(16)17/h1-3,6-7,14H,4-5H2,(H,16,17). The van der Waals surface area contributed by atoms with Crippen molar-refractivity contribution in [2.75, 3.05) is 11.9 Å². The molecule has 0 saturated heterocycles. The molecule has 0 aliphatic heterocycles. The van der Waals surface area contributed by atoms with Gasteiger partial charge < -0.3 is 10.4 Å². The Hall–Kier alpha value is -1.62. The fourth-order valence-electron chi connectivity index (χ4n) is 1.58. The third-order valence-electron chi connectivity index (χ3n) is 2.33. The minimum absolute atomic E-state index is 0.0902. The minimum atomic E-state index is -0.812. The number of aromatic nitrogens is 1. The Kier molecular flexibility index (Phi) is 3.58. The monoisotopic (exact) mass is 294 g/mol. The van der Waals surface area contributed by atoms with Crippen LogP contribution in [0.2, 0.25) is 0 Å². The highest BCUT2D eigenvalue weighted by atomic mass is 79.9. The van der Waals surface area contributed by atoms with Crippen LogP contribution < -0.4 is 5.32 Å². The maximum atomic E-state index is 10.4. The van der Waals surface area contributed by atoms with Crippen molar-refractivity contribution in [2.24, 2.45) is 0 Å². The molecular weight excluding hydrogens is 284 g/mol. The van der Waals surface area contributed by atoms with Gasteiger partial charge in [-0.25, -0.2) is 0 Å². The molecule has 0 fully saturated rings. The number of para-hydroxylation sites is 1. The molecule has 1 aromatic heterocycles. The van der Waals surface area contributed by atoms with Crippen LogP contribution in [-0.2, 0) is 4.79 Å². The van der Waals surface area contributed by atoms with Crippen LogP contribution in [0.15, 0.2) is 34.9 Å². The summed E-state index contributed by atoms with van der Waals surface area (Å²) in [6.07, 6.45) is 1.82. The molecule has 2 N–H and O–H groups in total. The van der Waals surface area contributed by atoms with Crippen LogP contribution >= 0.6 is 15.9 Å². The molecule has 2 rings (SSSR count). The van der Waals surface area contributed by atoms with Crippen molar-refractivity contribution in [3.05, 3.63) is 34.9 Å². The molecule has 2 aromatic rings. The van der Waals surface area contributed by atoms with Crippen LogP contribution in [0.4, 0.5) is 5.69 Å². The van der Waals surface area contributed by atoms with Gasteiger partial charge in [0.05, 0.1) is 17.6 Å². The summed E-state index contributed by atoms with van der Waals surface area (Å²) in [6.45, 7) is 0.395. The zero-order valence-electron chi connectivity index (χ0n) is 8.98.